The highest BCUT2D eigenvalue weighted by atomic mass is 35.5. The zero-order valence-corrected chi connectivity index (χ0v) is 17.5. The molecule has 3 aromatic heterocycles. The minimum absolute atomic E-state index is 0.159. The number of carbonyl (C=O) groups excluding carboxylic acids is 1. The van der Waals surface area contributed by atoms with Crippen LogP contribution in [0.1, 0.15) is 10.4 Å². The number of anilines is 2. The van der Waals surface area contributed by atoms with E-state index >= 15 is 0 Å². The third-order valence-electron chi connectivity index (χ3n) is 5.01. The lowest BCUT2D eigenvalue weighted by atomic mass is 9.95. The molecule has 32 heavy (non-hydrogen) atoms. The Balaban J connectivity index is 1.51. The minimum atomic E-state index is -0.400. The van der Waals surface area contributed by atoms with Gasteiger partial charge < -0.3 is 20.5 Å². The molecule has 0 fully saturated rings. The van der Waals surface area contributed by atoms with E-state index in [1.165, 1.54) is 6.20 Å². The molecule has 156 valence electrons. The van der Waals surface area contributed by atoms with Crippen LogP contribution in [0.4, 0.5) is 11.5 Å². The smallest absolute Gasteiger partial charge is 0.294 e. The number of nitrogens with two attached hydrogens (primary N) is 1. The fourth-order valence-electron chi connectivity index (χ4n) is 3.42. The van der Waals surface area contributed by atoms with Gasteiger partial charge in [-0.3, -0.25) is 9.59 Å². The van der Waals surface area contributed by atoms with Gasteiger partial charge in [-0.25, -0.2) is 9.97 Å². The van der Waals surface area contributed by atoms with E-state index < -0.39 is 5.56 Å². The van der Waals surface area contributed by atoms with Crippen molar-refractivity contribution >= 4 is 64.4 Å². The molecule has 3 heterocycles. The summed E-state index contributed by atoms with van der Waals surface area (Å²) in [6, 6.07) is 13.7. The number of benzene rings is 2. The number of hydrogen-bond donors (Lipinski definition) is 3. The van der Waals surface area contributed by atoms with Gasteiger partial charge in [0, 0.05) is 22.8 Å². The molecule has 0 radical (unpaired) electrons. The predicted molar refractivity (Wildman–Crippen MR) is 127 cm³/mol. The number of nitrogens with zero attached hydrogens (tertiary/aromatic N) is 2. The van der Waals surface area contributed by atoms with Gasteiger partial charge in [0.1, 0.15) is 30.6 Å². The lowest BCUT2D eigenvalue weighted by Gasteiger charge is -2.09. The summed E-state index contributed by atoms with van der Waals surface area (Å²) in [6.45, 7) is 0. The third-order valence-corrected chi connectivity index (χ3v) is 5.32. The van der Waals surface area contributed by atoms with Crippen molar-refractivity contribution in [3.05, 3.63) is 75.7 Å². The summed E-state index contributed by atoms with van der Waals surface area (Å²) in [5, 5.41) is 3.82. The fourth-order valence-corrected chi connectivity index (χ4v) is 3.69. The van der Waals surface area contributed by atoms with E-state index in [0.717, 1.165) is 10.8 Å². The van der Waals surface area contributed by atoms with E-state index in [1.54, 1.807) is 30.3 Å². The number of H-pyrrole nitrogens is 1. The number of aromatic amines is 1. The number of pyridine rings is 1. The highest BCUT2D eigenvalue weighted by molar-refractivity contribution is 6.34. The van der Waals surface area contributed by atoms with Crippen LogP contribution in [0, 0.1) is 0 Å². The van der Waals surface area contributed by atoms with Gasteiger partial charge in [-0.05, 0) is 36.4 Å². The van der Waals surface area contributed by atoms with Gasteiger partial charge in [-0.2, -0.15) is 0 Å². The first-order valence-corrected chi connectivity index (χ1v) is 10.0. The molecule has 5 aromatic rings. The van der Waals surface area contributed by atoms with Gasteiger partial charge in [-0.15, -0.1) is 0 Å². The monoisotopic (exact) mass is 443 g/mol. The molecular weight excluding hydrogens is 429 g/mol. The molecule has 8 nitrogen and oxygen atoms in total. The van der Waals surface area contributed by atoms with E-state index in [1.807, 2.05) is 26.0 Å². The van der Waals surface area contributed by atoms with Gasteiger partial charge >= 0.3 is 0 Å². The van der Waals surface area contributed by atoms with Crippen molar-refractivity contribution in [3.8, 4) is 11.4 Å². The van der Waals surface area contributed by atoms with Crippen molar-refractivity contribution in [2.75, 3.05) is 11.1 Å². The number of rotatable bonds is 3. The quantitative estimate of drug-likeness (QED) is 0.368. The Labute approximate surface area is 186 Å². The van der Waals surface area contributed by atoms with Gasteiger partial charge in [0.15, 0.2) is 0 Å². The number of hydrogen-bond acceptors (Lipinski definition) is 6. The average molecular weight is 444 g/mol. The van der Waals surface area contributed by atoms with Crippen LogP contribution in [0.3, 0.4) is 0 Å². The van der Waals surface area contributed by atoms with Crippen LogP contribution in [0.25, 0.3) is 33.5 Å². The number of amides is 1. The molecule has 0 bridgehead atoms. The van der Waals surface area contributed by atoms with E-state index in [0.29, 0.717) is 44.6 Å². The Kier molecular flexibility index (Phi) is 4.68. The van der Waals surface area contributed by atoms with Gasteiger partial charge in [-0.1, -0.05) is 29.2 Å². The van der Waals surface area contributed by atoms with Gasteiger partial charge in [0.2, 0.25) is 5.58 Å². The first kappa shape index (κ1) is 19.8. The Morgan fingerprint density at radius 2 is 2.00 bits per heavy atom. The number of nitrogens with one attached hydrogen (secondary N) is 2. The Morgan fingerprint density at radius 1 is 1.16 bits per heavy atom. The summed E-state index contributed by atoms with van der Waals surface area (Å²) in [4.78, 5) is 36.3. The van der Waals surface area contributed by atoms with Crippen LogP contribution in [0.2, 0.25) is 5.02 Å². The summed E-state index contributed by atoms with van der Waals surface area (Å²) < 4.78 is 5.67. The fraction of sp³-hybridized carbons (Fsp3) is 0. The summed E-state index contributed by atoms with van der Waals surface area (Å²) in [7, 11) is 1.96. The molecule has 0 unspecified atom stereocenters. The lowest BCUT2D eigenvalue weighted by molar-refractivity contribution is 0.102. The molecule has 0 atom stereocenters. The second-order valence-corrected chi connectivity index (χ2v) is 7.72. The standard InChI is InChI=1S/C22H15BClN5O3/c23-11-2-5-16-14(7-11)18-19(32-16)22(31)29-20(28-18)13-4-3-12(8-15(13)24)27-21(30)10-1-6-17(25)26-9-10/h1-9H,23H2,(H2,25,26)(H,27,30)(H,28,29,31). The number of halogens is 1. The molecule has 0 aliphatic heterocycles. The average Bonchev–Trinajstić information content (AvgIpc) is 3.13. The third kappa shape index (κ3) is 3.48. The number of furan rings is 1. The Bertz CT molecular complexity index is 1580. The molecule has 0 spiro atoms. The van der Waals surface area contributed by atoms with Crippen LogP contribution in [0.15, 0.2) is 63.9 Å². The Hall–Kier alpha value is -4.11. The maximum absolute atomic E-state index is 12.6. The summed E-state index contributed by atoms with van der Waals surface area (Å²) in [6.07, 6.45) is 1.39. The van der Waals surface area contributed by atoms with Gasteiger partial charge in [0.25, 0.3) is 11.5 Å². The van der Waals surface area contributed by atoms with Crippen LogP contribution < -0.4 is 22.1 Å². The van der Waals surface area contributed by atoms with Gasteiger partial charge in [0.05, 0.1) is 10.6 Å². The number of aromatic nitrogens is 3. The van der Waals surface area contributed by atoms with Crippen LogP contribution in [-0.4, -0.2) is 28.7 Å². The van der Waals surface area contributed by atoms with Crippen LogP contribution >= 0.6 is 11.6 Å². The van der Waals surface area contributed by atoms with Crippen molar-refractivity contribution in [3.63, 3.8) is 0 Å². The topological polar surface area (TPSA) is 127 Å². The molecule has 5 rings (SSSR count). The zero-order chi connectivity index (χ0) is 22.4. The summed E-state index contributed by atoms with van der Waals surface area (Å²) >= 11 is 6.47. The van der Waals surface area contributed by atoms with E-state index in [-0.39, 0.29) is 11.5 Å². The lowest BCUT2D eigenvalue weighted by Crippen LogP contribution is -2.12. The van der Waals surface area contributed by atoms with Crippen molar-refractivity contribution in [2.24, 2.45) is 0 Å². The molecule has 0 aliphatic rings. The predicted octanol–water partition coefficient (Wildman–Crippen LogP) is 2.48. The molecule has 0 saturated heterocycles. The van der Waals surface area contributed by atoms with E-state index in [9.17, 15) is 9.59 Å². The second-order valence-electron chi connectivity index (χ2n) is 7.31. The minimum Gasteiger partial charge on any atom is -0.449 e. The Morgan fingerprint density at radius 3 is 2.75 bits per heavy atom. The molecule has 0 aliphatic carbocycles. The van der Waals surface area contributed by atoms with E-state index in [4.69, 9.17) is 21.8 Å². The molecule has 0 saturated carbocycles. The zero-order valence-electron chi connectivity index (χ0n) is 16.8. The highest BCUT2D eigenvalue weighted by Crippen LogP contribution is 2.30. The maximum Gasteiger partial charge on any atom is 0.294 e. The summed E-state index contributed by atoms with van der Waals surface area (Å²) in [5.41, 5.74) is 8.74. The van der Waals surface area contributed by atoms with Crippen molar-refractivity contribution < 1.29 is 9.21 Å². The molecule has 1 amide bonds. The first-order valence-electron chi connectivity index (χ1n) is 9.65. The second kappa shape index (κ2) is 7.54. The first-order chi connectivity index (χ1) is 15.4. The van der Waals surface area contributed by atoms with Crippen molar-refractivity contribution in [1.29, 1.82) is 0 Å². The SMILES string of the molecule is Bc1ccc2oc3c(=O)[nH]c(-c4ccc(NC(=O)c5ccc(N)nc5)cc4Cl)nc3c2c1. The molecule has 10 heteroatoms. The van der Waals surface area contributed by atoms with Crippen molar-refractivity contribution in [2.45, 2.75) is 0 Å². The highest BCUT2D eigenvalue weighted by Gasteiger charge is 2.16. The number of nitrogen functional groups attached to an aromatic ring is 1. The largest absolute Gasteiger partial charge is 0.449 e. The van der Waals surface area contributed by atoms with Crippen LogP contribution in [-0.2, 0) is 0 Å². The maximum atomic E-state index is 12.6. The number of fused-ring (bicyclic) bond motifs is 3. The van der Waals surface area contributed by atoms with Crippen molar-refractivity contribution in [1.82, 2.24) is 15.0 Å². The molecule has 4 N–H and O–H groups in total. The molecular formula is C22H15BClN5O3. The van der Waals surface area contributed by atoms with Crippen LogP contribution in [0.5, 0.6) is 0 Å². The van der Waals surface area contributed by atoms with E-state index in [2.05, 4.69) is 20.3 Å². The molecule has 2 aromatic carbocycles. The summed E-state index contributed by atoms with van der Waals surface area (Å²) in [5.74, 6) is 0.278. The normalized spacial score (nSPS) is 11.2. The number of carbonyl (C=O) groups is 1.